The number of furan rings is 2. The fourth-order valence-corrected chi connectivity index (χ4v) is 7.95. The second-order valence-electron chi connectivity index (χ2n) is 12.9. The number of rotatable bonds is 3. The van der Waals surface area contributed by atoms with Gasteiger partial charge in [-0.25, -0.2) is 0 Å². The van der Waals surface area contributed by atoms with Crippen molar-refractivity contribution in [3.05, 3.63) is 151 Å². The van der Waals surface area contributed by atoms with Gasteiger partial charge in [-0.05, 0) is 70.1 Å². The van der Waals surface area contributed by atoms with Gasteiger partial charge in [-0.2, -0.15) is 0 Å². The number of hydrogen-bond acceptors (Lipinski definition) is 3. The fraction of sp³-hybridized carbons (Fsp3) is 0.0698. The first-order valence-electron chi connectivity index (χ1n) is 15.9. The van der Waals surface area contributed by atoms with Crippen molar-refractivity contribution in [2.45, 2.75) is 19.3 Å². The molecule has 9 aromatic rings. The lowest BCUT2D eigenvalue weighted by atomic mass is 9.82. The fourth-order valence-electron chi connectivity index (χ4n) is 7.95. The molecule has 2 aromatic heterocycles. The van der Waals surface area contributed by atoms with Crippen molar-refractivity contribution >= 4 is 71.7 Å². The summed E-state index contributed by atoms with van der Waals surface area (Å²) < 4.78 is 13.4. The molecule has 0 unspecified atom stereocenters. The first-order chi connectivity index (χ1) is 22.6. The molecule has 0 fully saturated rings. The molecule has 0 saturated carbocycles. The van der Waals surface area contributed by atoms with Crippen molar-refractivity contribution < 1.29 is 8.83 Å². The van der Waals surface area contributed by atoms with Crippen LogP contribution >= 0.6 is 0 Å². The summed E-state index contributed by atoms with van der Waals surface area (Å²) in [5, 5.41) is 6.49. The van der Waals surface area contributed by atoms with E-state index in [0.29, 0.717) is 0 Å². The highest BCUT2D eigenvalue weighted by Crippen LogP contribution is 2.52. The molecule has 7 aromatic carbocycles. The van der Waals surface area contributed by atoms with Crippen LogP contribution in [0.15, 0.2) is 148 Å². The van der Waals surface area contributed by atoms with Crippen LogP contribution in [0.4, 0.5) is 17.1 Å². The molecule has 1 aliphatic rings. The Bertz CT molecular complexity index is 2670. The molecule has 2 heterocycles. The van der Waals surface area contributed by atoms with E-state index < -0.39 is 0 Å². The SMILES string of the molecule is CC1(C)c2ccccc2-c2ccc(N(c3ccccc3)c3cccc4oc5c6c7ccccc7oc6c6ccccc6c5c34)cc21. The van der Waals surface area contributed by atoms with E-state index in [9.17, 15) is 0 Å². The Labute approximate surface area is 265 Å². The summed E-state index contributed by atoms with van der Waals surface area (Å²) in [4.78, 5) is 2.39. The third-order valence-electron chi connectivity index (χ3n) is 10.0. The summed E-state index contributed by atoms with van der Waals surface area (Å²) in [6.45, 7) is 4.68. The minimum absolute atomic E-state index is 0.108. The van der Waals surface area contributed by atoms with E-state index in [4.69, 9.17) is 8.83 Å². The van der Waals surface area contributed by atoms with Gasteiger partial charge in [0.2, 0.25) is 0 Å². The van der Waals surface area contributed by atoms with Gasteiger partial charge in [0.15, 0.2) is 0 Å². The maximum absolute atomic E-state index is 6.87. The van der Waals surface area contributed by atoms with Gasteiger partial charge in [0, 0.05) is 32.9 Å². The van der Waals surface area contributed by atoms with Crippen LogP contribution < -0.4 is 4.90 Å². The maximum Gasteiger partial charge on any atom is 0.147 e. The Balaban J connectivity index is 1.32. The minimum atomic E-state index is -0.108. The first kappa shape index (κ1) is 25.5. The molecular formula is C43H29NO2. The molecule has 0 atom stereocenters. The zero-order chi connectivity index (χ0) is 30.6. The van der Waals surface area contributed by atoms with E-state index in [-0.39, 0.29) is 5.41 Å². The Kier molecular flexibility index (Phi) is 5.06. The van der Waals surface area contributed by atoms with Crippen molar-refractivity contribution in [2.24, 2.45) is 0 Å². The van der Waals surface area contributed by atoms with Crippen molar-refractivity contribution in [1.29, 1.82) is 0 Å². The third-order valence-corrected chi connectivity index (χ3v) is 10.0. The maximum atomic E-state index is 6.87. The second-order valence-corrected chi connectivity index (χ2v) is 12.9. The van der Waals surface area contributed by atoms with Crippen molar-refractivity contribution in [3.63, 3.8) is 0 Å². The Morgan fingerprint density at radius 3 is 2.00 bits per heavy atom. The van der Waals surface area contributed by atoms with Gasteiger partial charge in [-0.3, -0.25) is 0 Å². The van der Waals surface area contributed by atoms with Crippen LogP contribution in [0.5, 0.6) is 0 Å². The normalized spacial score (nSPS) is 13.6. The Morgan fingerprint density at radius 2 is 1.13 bits per heavy atom. The Hall–Kier alpha value is -5.80. The standard InChI is InChI=1S/C43H29NO2/c1-43(2)33-19-10-8-15-28(33)29-24-23-27(25-34(29)43)44(26-13-4-3-5-14-26)35-20-12-22-37-40(35)38-30-16-6-7-17-31(30)41-39(42(38)46-37)32-18-9-11-21-36(32)45-41/h3-25H,1-2H3. The van der Waals surface area contributed by atoms with Crippen molar-refractivity contribution in [3.8, 4) is 11.1 Å². The lowest BCUT2D eigenvalue weighted by Gasteiger charge is -2.28. The number of anilines is 3. The highest BCUT2D eigenvalue weighted by Gasteiger charge is 2.36. The predicted molar refractivity (Wildman–Crippen MR) is 191 cm³/mol. The molecule has 3 heteroatoms. The summed E-state index contributed by atoms with van der Waals surface area (Å²) >= 11 is 0. The molecule has 0 radical (unpaired) electrons. The van der Waals surface area contributed by atoms with E-state index in [1.165, 1.54) is 22.3 Å². The second kappa shape index (κ2) is 9.12. The van der Waals surface area contributed by atoms with Crippen LogP contribution in [0.2, 0.25) is 0 Å². The molecule has 0 amide bonds. The molecule has 0 spiro atoms. The van der Waals surface area contributed by atoms with Crippen molar-refractivity contribution in [2.75, 3.05) is 4.90 Å². The number of hydrogen-bond donors (Lipinski definition) is 0. The zero-order valence-corrected chi connectivity index (χ0v) is 25.5. The number of nitrogens with zero attached hydrogens (tertiary/aromatic N) is 1. The average Bonchev–Trinajstić information content (AvgIpc) is 3.75. The van der Waals surface area contributed by atoms with E-state index in [0.717, 1.165) is 71.7 Å². The smallest absolute Gasteiger partial charge is 0.147 e. The number of fused-ring (bicyclic) bond motifs is 13. The van der Waals surface area contributed by atoms with Crippen LogP contribution in [-0.4, -0.2) is 0 Å². The monoisotopic (exact) mass is 591 g/mol. The third kappa shape index (κ3) is 3.32. The predicted octanol–water partition coefficient (Wildman–Crippen LogP) is 12.4. The summed E-state index contributed by atoms with van der Waals surface area (Å²) in [6, 6.07) is 49.7. The number of benzene rings is 7. The van der Waals surface area contributed by atoms with Gasteiger partial charge in [0.1, 0.15) is 22.3 Å². The zero-order valence-electron chi connectivity index (χ0n) is 25.5. The van der Waals surface area contributed by atoms with Crippen LogP contribution in [0.25, 0.3) is 65.8 Å². The van der Waals surface area contributed by atoms with Crippen LogP contribution in [0.1, 0.15) is 25.0 Å². The molecule has 0 bridgehead atoms. The molecule has 218 valence electrons. The summed E-state index contributed by atoms with van der Waals surface area (Å²) in [7, 11) is 0. The van der Waals surface area contributed by atoms with Gasteiger partial charge in [0.05, 0.1) is 16.5 Å². The molecule has 46 heavy (non-hydrogen) atoms. The highest BCUT2D eigenvalue weighted by molar-refractivity contribution is 6.35. The molecule has 0 saturated heterocycles. The van der Waals surface area contributed by atoms with Gasteiger partial charge < -0.3 is 13.7 Å². The van der Waals surface area contributed by atoms with Gasteiger partial charge in [-0.1, -0.05) is 111 Å². The van der Waals surface area contributed by atoms with E-state index in [1.807, 2.05) is 12.1 Å². The summed E-state index contributed by atoms with van der Waals surface area (Å²) in [6.07, 6.45) is 0. The molecule has 3 nitrogen and oxygen atoms in total. The van der Waals surface area contributed by atoms with Crippen molar-refractivity contribution in [1.82, 2.24) is 0 Å². The van der Waals surface area contributed by atoms with Gasteiger partial charge in [-0.15, -0.1) is 0 Å². The quantitative estimate of drug-likeness (QED) is 0.205. The molecule has 0 aliphatic heterocycles. The summed E-state index contributed by atoms with van der Waals surface area (Å²) in [5.41, 5.74) is 12.0. The van der Waals surface area contributed by atoms with Crippen LogP contribution in [0.3, 0.4) is 0 Å². The average molecular weight is 592 g/mol. The van der Waals surface area contributed by atoms with Gasteiger partial charge in [0.25, 0.3) is 0 Å². The first-order valence-corrected chi connectivity index (χ1v) is 15.9. The highest BCUT2D eigenvalue weighted by atomic mass is 16.3. The lowest BCUT2D eigenvalue weighted by molar-refractivity contribution is 0.660. The minimum Gasteiger partial charge on any atom is -0.455 e. The molecule has 0 N–H and O–H groups in total. The lowest BCUT2D eigenvalue weighted by Crippen LogP contribution is -2.16. The van der Waals surface area contributed by atoms with Gasteiger partial charge >= 0.3 is 0 Å². The molecular weight excluding hydrogens is 562 g/mol. The molecule has 10 rings (SSSR count). The van der Waals surface area contributed by atoms with E-state index >= 15 is 0 Å². The van der Waals surface area contributed by atoms with Crippen LogP contribution in [-0.2, 0) is 5.41 Å². The van der Waals surface area contributed by atoms with Crippen LogP contribution in [0, 0.1) is 0 Å². The Morgan fingerprint density at radius 1 is 0.457 bits per heavy atom. The van der Waals surface area contributed by atoms with E-state index in [2.05, 4.69) is 146 Å². The topological polar surface area (TPSA) is 29.5 Å². The van der Waals surface area contributed by atoms with E-state index in [1.54, 1.807) is 0 Å². The largest absolute Gasteiger partial charge is 0.455 e. The molecule has 1 aliphatic carbocycles. The number of para-hydroxylation sites is 2. The summed E-state index contributed by atoms with van der Waals surface area (Å²) in [5.74, 6) is 0.